The first-order chi connectivity index (χ1) is 13.8. The van der Waals surface area contributed by atoms with Crippen LogP contribution in [0, 0.1) is 0 Å². The standard InChI is InChI=1S/C20H16Cl2N2O4S/c1-27-17-8-3-12(9-15(17)22)10-16-19(26)24(14-6-4-13(21)5-7-14)20(29)23(16)11-18(25)28-2/h3-10H,11H2,1-2H3/b16-10-. The van der Waals surface area contributed by atoms with Crippen molar-refractivity contribution in [1.82, 2.24) is 4.90 Å². The van der Waals surface area contributed by atoms with Crippen molar-refractivity contribution in [3.63, 3.8) is 0 Å². The SMILES string of the molecule is COC(=O)CN1C(=S)N(c2ccc(Cl)cc2)C(=O)/C1=C/c1ccc(OC)c(Cl)c1. The summed E-state index contributed by atoms with van der Waals surface area (Å²) in [5, 5.41) is 1.08. The van der Waals surface area contributed by atoms with Gasteiger partial charge in [-0.15, -0.1) is 0 Å². The number of hydrogen-bond acceptors (Lipinski definition) is 5. The van der Waals surface area contributed by atoms with E-state index in [1.54, 1.807) is 48.5 Å². The lowest BCUT2D eigenvalue weighted by Gasteiger charge is -2.19. The average Bonchev–Trinajstić information content (AvgIpc) is 2.93. The maximum atomic E-state index is 13.2. The molecule has 1 amide bonds. The summed E-state index contributed by atoms with van der Waals surface area (Å²) in [7, 11) is 2.78. The van der Waals surface area contributed by atoms with E-state index >= 15 is 0 Å². The van der Waals surface area contributed by atoms with Crippen molar-refractivity contribution < 1.29 is 19.1 Å². The van der Waals surface area contributed by atoms with Gasteiger partial charge in [0.2, 0.25) is 0 Å². The highest BCUT2D eigenvalue weighted by Crippen LogP contribution is 2.31. The molecule has 2 aromatic carbocycles. The van der Waals surface area contributed by atoms with E-state index in [1.807, 2.05) is 0 Å². The fourth-order valence-electron chi connectivity index (χ4n) is 2.77. The Bertz CT molecular complexity index is 1010. The topological polar surface area (TPSA) is 59.1 Å². The van der Waals surface area contributed by atoms with Gasteiger partial charge >= 0.3 is 5.97 Å². The van der Waals surface area contributed by atoms with E-state index in [9.17, 15) is 9.59 Å². The molecular formula is C20H16Cl2N2O4S. The van der Waals surface area contributed by atoms with Crippen molar-refractivity contribution in [2.24, 2.45) is 0 Å². The zero-order valence-electron chi connectivity index (χ0n) is 15.5. The Hall–Kier alpha value is -2.61. The van der Waals surface area contributed by atoms with Gasteiger partial charge in [0.25, 0.3) is 5.91 Å². The fraction of sp³-hybridized carbons (Fsp3) is 0.150. The van der Waals surface area contributed by atoms with Crippen LogP contribution >= 0.6 is 35.4 Å². The predicted octanol–water partition coefficient (Wildman–Crippen LogP) is 4.15. The highest BCUT2D eigenvalue weighted by Gasteiger charge is 2.40. The van der Waals surface area contributed by atoms with E-state index in [1.165, 1.54) is 24.0 Å². The summed E-state index contributed by atoms with van der Waals surface area (Å²) in [6.07, 6.45) is 1.61. The quantitative estimate of drug-likeness (QED) is 0.387. The molecule has 29 heavy (non-hydrogen) atoms. The van der Waals surface area contributed by atoms with Gasteiger partial charge in [-0.2, -0.15) is 0 Å². The summed E-state index contributed by atoms with van der Waals surface area (Å²) in [4.78, 5) is 27.9. The Labute approximate surface area is 183 Å². The van der Waals surface area contributed by atoms with Crippen molar-refractivity contribution in [2.75, 3.05) is 25.7 Å². The molecule has 0 saturated carbocycles. The number of ether oxygens (including phenoxy) is 2. The van der Waals surface area contributed by atoms with Gasteiger partial charge in [-0.25, -0.2) is 0 Å². The Morgan fingerprint density at radius 1 is 1.14 bits per heavy atom. The summed E-state index contributed by atoms with van der Waals surface area (Å²) in [6, 6.07) is 11.8. The first kappa shape index (κ1) is 21.1. The molecule has 6 nitrogen and oxygen atoms in total. The predicted molar refractivity (Wildman–Crippen MR) is 116 cm³/mol. The monoisotopic (exact) mass is 450 g/mol. The largest absolute Gasteiger partial charge is 0.495 e. The molecule has 3 rings (SSSR count). The minimum atomic E-state index is -0.531. The number of anilines is 1. The molecule has 0 aromatic heterocycles. The number of amides is 1. The molecule has 0 atom stereocenters. The lowest BCUT2D eigenvalue weighted by Crippen LogP contribution is -2.35. The molecule has 150 valence electrons. The Morgan fingerprint density at radius 2 is 1.83 bits per heavy atom. The third kappa shape index (κ3) is 4.37. The summed E-state index contributed by atoms with van der Waals surface area (Å²) in [6.45, 7) is -0.207. The minimum absolute atomic E-state index is 0.161. The average molecular weight is 451 g/mol. The summed E-state index contributed by atoms with van der Waals surface area (Å²) in [5.74, 6) is -0.402. The van der Waals surface area contributed by atoms with Gasteiger partial charge in [0.1, 0.15) is 18.0 Å². The summed E-state index contributed by atoms with van der Waals surface area (Å²) < 4.78 is 9.90. The molecule has 2 aromatic rings. The second-order valence-electron chi connectivity index (χ2n) is 5.99. The molecular weight excluding hydrogens is 435 g/mol. The highest BCUT2D eigenvalue weighted by molar-refractivity contribution is 7.80. The zero-order chi connectivity index (χ0) is 21.1. The highest BCUT2D eigenvalue weighted by atomic mass is 35.5. The number of halogens is 2. The number of benzene rings is 2. The van der Waals surface area contributed by atoms with E-state index in [4.69, 9.17) is 44.9 Å². The molecule has 1 aliphatic rings. The number of thiocarbonyl (C=S) groups is 1. The number of carbonyl (C=O) groups excluding carboxylic acids is 2. The van der Waals surface area contributed by atoms with Crippen LogP contribution in [0.5, 0.6) is 5.75 Å². The van der Waals surface area contributed by atoms with E-state index in [0.717, 1.165) is 0 Å². The molecule has 0 unspecified atom stereocenters. The van der Waals surface area contributed by atoms with Crippen molar-refractivity contribution in [3.05, 3.63) is 63.8 Å². The fourth-order valence-corrected chi connectivity index (χ4v) is 3.52. The van der Waals surface area contributed by atoms with Crippen LogP contribution in [-0.2, 0) is 14.3 Å². The van der Waals surface area contributed by atoms with Gasteiger partial charge in [-0.05, 0) is 60.3 Å². The first-order valence-corrected chi connectivity index (χ1v) is 9.55. The minimum Gasteiger partial charge on any atom is -0.495 e. The summed E-state index contributed by atoms with van der Waals surface area (Å²) >= 11 is 17.6. The molecule has 0 radical (unpaired) electrons. The van der Waals surface area contributed by atoms with Gasteiger partial charge in [0, 0.05) is 5.02 Å². The maximum Gasteiger partial charge on any atom is 0.325 e. The summed E-state index contributed by atoms with van der Waals surface area (Å²) in [5.41, 5.74) is 1.40. The molecule has 1 aliphatic heterocycles. The number of esters is 1. The van der Waals surface area contributed by atoms with Crippen molar-refractivity contribution in [3.8, 4) is 5.75 Å². The molecule has 0 aliphatic carbocycles. The molecule has 0 spiro atoms. The van der Waals surface area contributed by atoms with Gasteiger partial charge in [-0.3, -0.25) is 14.5 Å². The molecule has 1 heterocycles. The van der Waals surface area contributed by atoms with Gasteiger partial charge < -0.3 is 14.4 Å². The second-order valence-corrected chi connectivity index (χ2v) is 7.19. The lowest BCUT2D eigenvalue weighted by atomic mass is 10.1. The van der Waals surface area contributed by atoms with Crippen LogP contribution in [-0.4, -0.2) is 42.7 Å². The van der Waals surface area contributed by atoms with Crippen LogP contribution in [0.15, 0.2) is 48.2 Å². The van der Waals surface area contributed by atoms with Crippen molar-refractivity contribution in [2.45, 2.75) is 0 Å². The number of hydrogen-bond donors (Lipinski definition) is 0. The van der Waals surface area contributed by atoms with E-state index < -0.39 is 5.97 Å². The molecule has 0 bridgehead atoms. The van der Waals surface area contributed by atoms with Crippen LogP contribution in [0.3, 0.4) is 0 Å². The third-order valence-corrected chi connectivity index (χ3v) is 5.16. The molecule has 1 saturated heterocycles. The second kappa shape index (κ2) is 8.82. The maximum absolute atomic E-state index is 13.2. The number of methoxy groups -OCH3 is 2. The Kier molecular flexibility index (Phi) is 6.42. The van der Waals surface area contributed by atoms with E-state index in [2.05, 4.69) is 0 Å². The molecule has 1 fully saturated rings. The smallest absolute Gasteiger partial charge is 0.325 e. The number of carbonyl (C=O) groups is 2. The number of nitrogens with zero attached hydrogens (tertiary/aromatic N) is 2. The Morgan fingerprint density at radius 3 is 2.41 bits per heavy atom. The normalized spacial score (nSPS) is 15.2. The number of rotatable bonds is 5. The molecule has 0 N–H and O–H groups in total. The van der Waals surface area contributed by atoms with Crippen LogP contribution in [0.4, 0.5) is 5.69 Å². The van der Waals surface area contributed by atoms with Crippen LogP contribution in [0.25, 0.3) is 6.08 Å². The van der Waals surface area contributed by atoms with Crippen LogP contribution < -0.4 is 9.64 Å². The zero-order valence-corrected chi connectivity index (χ0v) is 17.8. The van der Waals surface area contributed by atoms with Gasteiger partial charge in [-0.1, -0.05) is 29.3 Å². The lowest BCUT2D eigenvalue weighted by molar-refractivity contribution is -0.140. The van der Waals surface area contributed by atoms with Crippen molar-refractivity contribution >= 4 is 64.2 Å². The van der Waals surface area contributed by atoms with Crippen LogP contribution in [0.1, 0.15) is 5.56 Å². The van der Waals surface area contributed by atoms with Crippen LogP contribution in [0.2, 0.25) is 10.0 Å². The van der Waals surface area contributed by atoms with E-state index in [0.29, 0.717) is 27.0 Å². The molecule has 9 heteroatoms. The third-order valence-electron chi connectivity index (χ3n) is 4.21. The van der Waals surface area contributed by atoms with E-state index in [-0.39, 0.29) is 23.3 Å². The Balaban J connectivity index is 2.05. The first-order valence-electron chi connectivity index (χ1n) is 8.39. The van der Waals surface area contributed by atoms with Gasteiger partial charge in [0.05, 0.1) is 24.9 Å². The van der Waals surface area contributed by atoms with Crippen molar-refractivity contribution in [1.29, 1.82) is 0 Å². The van der Waals surface area contributed by atoms with Gasteiger partial charge in [0.15, 0.2) is 5.11 Å².